The molecule has 3 rings (SSSR count). The van der Waals surface area contributed by atoms with E-state index in [1.54, 1.807) is 6.20 Å². The Morgan fingerprint density at radius 2 is 1.71 bits per heavy atom. The molecule has 1 unspecified atom stereocenters. The third kappa shape index (κ3) is 2.71. The van der Waals surface area contributed by atoms with Gasteiger partial charge in [-0.15, -0.1) is 0 Å². The van der Waals surface area contributed by atoms with Gasteiger partial charge in [-0.05, 0) is 54.3 Å². The van der Waals surface area contributed by atoms with Gasteiger partial charge in [0.2, 0.25) is 0 Å². The molecule has 0 aliphatic heterocycles. The standard InChI is InChI=1S/C18H16BrNO/c1-11-8-15(9-12(2)17(11)19)18(21)14-5-6-16-13(10-14)4-3-7-20-16/h3-10,18,21H,1-2H3. The van der Waals surface area contributed by atoms with Crippen molar-refractivity contribution < 1.29 is 5.11 Å². The molecule has 0 radical (unpaired) electrons. The minimum absolute atomic E-state index is 0.625. The van der Waals surface area contributed by atoms with Crippen molar-refractivity contribution >= 4 is 26.8 Å². The van der Waals surface area contributed by atoms with Gasteiger partial charge in [0.25, 0.3) is 0 Å². The van der Waals surface area contributed by atoms with E-state index in [9.17, 15) is 5.11 Å². The number of halogens is 1. The molecule has 0 fully saturated rings. The average Bonchev–Trinajstić information content (AvgIpc) is 2.51. The number of aromatic nitrogens is 1. The smallest absolute Gasteiger partial charge is 0.104 e. The van der Waals surface area contributed by atoms with Crippen molar-refractivity contribution in [3.63, 3.8) is 0 Å². The summed E-state index contributed by atoms with van der Waals surface area (Å²) in [6.07, 6.45) is 1.15. The third-order valence-corrected chi connectivity index (χ3v) is 4.97. The van der Waals surface area contributed by atoms with Crippen LogP contribution in [-0.2, 0) is 0 Å². The molecule has 106 valence electrons. The predicted molar refractivity (Wildman–Crippen MR) is 89.4 cm³/mol. The van der Waals surface area contributed by atoms with Gasteiger partial charge in [0, 0.05) is 16.1 Å². The molecule has 0 saturated heterocycles. The topological polar surface area (TPSA) is 33.1 Å². The van der Waals surface area contributed by atoms with Crippen LogP contribution in [0.2, 0.25) is 0 Å². The van der Waals surface area contributed by atoms with Gasteiger partial charge in [0.05, 0.1) is 5.52 Å². The summed E-state index contributed by atoms with van der Waals surface area (Å²) in [6, 6.07) is 13.9. The molecule has 1 atom stereocenters. The SMILES string of the molecule is Cc1cc(C(O)c2ccc3ncccc3c2)cc(C)c1Br. The number of nitrogens with zero attached hydrogens (tertiary/aromatic N) is 1. The molecule has 0 amide bonds. The van der Waals surface area contributed by atoms with Crippen LogP contribution >= 0.6 is 15.9 Å². The van der Waals surface area contributed by atoms with Gasteiger partial charge in [-0.3, -0.25) is 4.98 Å². The third-order valence-electron chi connectivity index (χ3n) is 3.72. The van der Waals surface area contributed by atoms with Crippen molar-refractivity contribution in [1.29, 1.82) is 0 Å². The normalized spacial score (nSPS) is 12.6. The van der Waals surface area contributed by atoms with E-state index in [4.69, 9.17) is 0 Å². The molecule has 3 heteroatoms. The number of fused-ring (bicyclic) bond motifs is 1. The van der Waals surface area contributed by atoms with Gasteiger partial charge >= 0.3 is 0 Å². The summed E-state index contributed by atoms with van der Waals surface area (Å²) >= 11 is 3.56. The van der Waals surface area contributed by atoms with E-state index in [-0.39, 0.29) is 0 Å². The molecule has 0 spiro atoms. The minimum Gasteiger partial charge on any atom is -0.384 e. The van der Waals surface area contributed by atoms with Crippen molar-refractivity contribution in [2.75, 3.05) is 0 Å². The van der Waals surface area contributed by atoms with Crippen molar-refractivity contribution in [3.8, 4) is 0 Å². The van der Waals surface area contributed by atoms with Crippen LogP contribution in [0, 0.1) is 13.8 Å². The minimum atomic E-state index is -0.625. The monoisotopic (exact) mass is 341 g/mol. The number of rotatable bonds is 2. The molecule has 21 heavy (non-hydrogen) atoms. The zero-order valence-electron chi connectivity index (χ0n) is 12.0. The maximum Gasteiger partial charge on any atom is 0.104 e. The molecule has 2 nitrogen and oxygen atoms in total. The van der Waals surface area contributed by atoms with Crippen molar-refractivity contribution in [2.45, 2.75) is 20.0 Å². The van der Waals surface area contributed by atoms with E-state index < -0.39 is 6.10 Å². The van der Waals surface area contributed by atoms with Crippen LogP contribution in [0.25, 0.3) is 10.9 Å². The van der Waals surface area contributed by atoms with Crippen LogP contribution in [-0.4, -0.2) is 10.1 Å². The van der Waals surface area contributed by atoms with Crippen molar-refractivity contribution in [1.82, 2.24) is 4.98 Å². The fourth-order valence-corrected chi connectivity index (χ4v) is 2.82. The lowest BCUT2D eigenvalue weighted by Crippen LogP contribution is -2.01. The fraction of sp³-hybridized carbons (Fsp3) is 0.167. The van der Waals surface area contributed by atoms with Gasteiger partial charge in [-0.1, -0.05) is 40.2 Å². The number of pyridine rings is 1. The summed E-state index contributed by atoms with van der Waals surface area (Å²) in [5.41, 5.74) is 5.00. The molecule has 0 aliphatic carbocycles. The second-order valence-electron chi connectivity index (χ2n) is 5.33. The number of aliphatic hydroxyl groups is 1. The summed E-state index contributed by atoms with van der Waals surface area (Å²) in [5.74, 6) is 0. The Morgan fingerprint density at radius 3 is 2.43 bits per heavy atom. The molecule has 2 aromatic carbocycles. The first-order chi connectivity index (χ1) is 10.1. The molecular formula is C18H16BrNO. The molecule has 1 N–H and O–H groups in total. The summed E-state index contributed by atoms with van der Waals surface area (Å²) in [6.45, 7) is 4.08. The number of aliphatic hydroxyl groups excluding tert-OH is 1. The molecule has 1 heterocycles. The Kier molecular flexibility index (Phi) is 3.79. The second kappa shape index (κ2) is 5.58. The Morgan fingerprint density at radius 1 is 1.00 bits per heavy atom. The molecule has 0 bridgehead atoms. The lowest BCUT2D eigenvalue weighted by atomic mass is 9.97. The molecule has 1 aromatic heterocycles. The van der Waals surface area contributed by atoms with E-state index in [2.05, 4.69) is 20.9 Å². The highest BCUT2D eigenvalue weighted by molar-refractivity contribution is 9.10. The van der Waals surface area contributed by atoms with Gasteiger partial charge in [0.1, 0.15) is 6.10 Å². The van der Waals surface area contributed by atoms with Crippen LogP contribution in [0.4, 0.5) is 0 Å². The van der Waals surface area contributed by atoms with Crippen LogP contribution in [0.5, 0.6) is 0 Å². The average molecular weight is 342 g/mol. The summed E-state index contributed by atoms with van der Waals surface area (Å²) in [7, 11) is 0. The first kappa shape index (κ1) is 14.2. The van der Waals surface area contributed by atoms with Crippen molar-refractivity contribution in [3.05, 3.63) is 75.4 Å². The Hall–Kier alpha value is -1.71. The summed E-state index contributed by atoms with van der Waals surface area (Å²) in [4.78, 5) is 4.31. The zero-order chi connectivity index (χ0) is 15.0. The maximum absolute atomic E-state index is 10.7. The predicted octanol–water partition coefficient (Wildman–Crippen LogP) is 4.70. The van der Waals surface area contributed by atoms with Crippen LogP contribution in [0.3, 0.4) is 0 Å². The Bertz CT molecular complexity index is 790. The number of benzene rings is 2. The van der Waals surface area contributed by atoms with Gasteiger partial charge in [0.15, 0.2) is 0 Å². The van der Waals surface area contributed by atoms with Gasteiger partial charge in [-0.25, -0.2) is 0 Å². The lowest BCUT2D eigenvalue weighted by molar-refractivity contribution is 0.220. The van der Waals surface area contributed by atoms with E-state index >= 15 is 0 Å². The summed E-state index contributed by atoms with van der Waals surface area (Å²) in [5, 5.41) is 11.7. The highest BCUT2D eigenvalue weighted by Crippen LogP contribution is 2.29. The number of aryl methyl sites for hydroxylation is 2. The number of hydrogen-bond acceptors (Lipinski definition) is 2. The lowest BCUT2D eigenvalue weighted by Gasteiger charge is -2.15. The highest BCUT2D eigenvalue weighted by Gasteiger charge is 2.13. The first-order valence-electron chi connectivity index (χ1n) is 6.85. The first-order valence-corrected chi connectivity index (χ1v) is 7.65. The Balaban J connectivity index is 2.05. The molecule has 3 aromatic rings. The second-order valence-corrected chi connectivity index (χ2v) is 6.12. The van der Waals surface area contributed by atoms with E-state index in [1.165, 1.54) is 0 Å². The molecular weight excluding hydrogens is 326 g/mol. The van der Waals surface area contributed by atoms with Crippen LogP contribution < -0.4 is 0 Å². The Labute approximate surface area is 132 Å². The molecule has 0 saturated carbocycles. The zero-order valence-corrected chi connectivity index (χ0v) is 13.6. The molecule has 0 aliphatic rings. The van der Waals surface area contributed by atoms with Gasteiger partial charge in [-0.2, -0.15) is 0 Å². The van der Waals surface area contributed by atoms with E-state index in [0.29, 0.717) is 0 Å². The maximum atomic E-state index is 10.7. The largest absolute Gasteiger partial charge is 0.384 e. The van der Waals surface area contributed by atoms with Crippen molar-refractivity contribution in [2.24, 2.45) is 0 Å². The highest BCUT2D eigenvalue weighted by atomic mass is 79.9. The van der Waals surface area contributed by atoms with E-state index in [0.717, 1.165) is 37.6 Å². The van der Waals surface area contributed by atoms with Crippen LogP contribution in [0.15, 0.2) is 53.1 Å². The van der Waals surface area contributed by atoms with Crippen LogP contribution in [0.1, 0.15) is 28.4 Å². The number of hydrogen-bond donors (Lipinski definition) is 1. The fourth-order valence-electron chi connectivity index (χ4n) is 2.59. The van der Waals surface area contributed by atoms with Gasteiger partial charge < -0.3 is 5.11 Å². The quantitative estimate of drug-likeness (QED) is 0.733. The summed E-state index contributed by atoms with van der Waals surface area (Å²) < 4.78 is 1.10. The van der Waals surface area contributed by atoms with E-state index in [1.807, 2.05) is 56.3 Å².